The molecular formula is C30H27ClF4N6O3S. The summed E-state index contributed by atoms with van der Waals surface area (Å²) >= 11 is 6.86. The summed E-state index contributed by atoms with van der Waals surface area (Å²) in [6, 6.07) is 11.5. The number of imidazole rings is 2. The fraction of sp³-hybridized carbons (Fsp3) is 0.333. The highest BCUT2D eigenvalue weighted by molar-refractivity contribution is 7.20. The molecule has 0 spiro atoms. The van der Waals surface area contributed by atoms with E-state index in [1.54, 1.807) is 22.8 Å². The van der Waals surface area contributed by atoms with E-state index in [4.69, 9.17) is 21.3 Å². The standard InChI is InChI=1S/C30H27ClF4N6O3S/c31-20-5-4-19(22(32)10-20)15-44-27-3-1-2-23(37-27)18-6-8-39(9-7-18)14-26-38-28-24(11-25(45-28)29(42)43)41(26)13-21-12-36-17-40(21)16-30(33,34)35/h1-5,10-12,17-18H,6-9,13-16H2,(H,42,43). The quantitative estimate of drug-likeness (QED) is 0.165. The van der Waals surface area contributed by atoms with Crippen molar-refractivity contribution in [2.75, 3.05) is 13.1 Å². The molecule has 0 bridgehead atoms. The van der Waals surface area contributed by atoms with Crippen molar-refractivity contribution in [3.8, 4) is 5.88 Å². The van der Waals surface area contributed by atoms with Crippen LogP contribution in [0.5, 0.6) is 5.88 Å². The van der Waals surface area contributed by atoms with Gasteiger partial charge in [-0.1, -0.05) is 23.7 Å². The van der Waals surface area contributed by atoms with Crippen LogP contribution in [0.25, 0.3) is 10.3 Å². The number of likely N-dealkylation sites (tertiary alicyclic amines) is 1. The molecule has 0 amide bonds. The number of hydrogen-bond donors (Lipinski definition) is 1. The lowest BCUT2D eigenvalue weighted by molar-refractivity contribution is -0.141. The predicted octanol–water partition coefficient (Wildman–Crippen LogP) is 6.75. The van der Waals surface area contributed by atoms with Crippen molar-refractivity contribution in [1.29, 1.82) is 0 Å². The van der Waals surface area contributed by atoms with E-state index >= 15 is 0 Å². The summed E-state index contributed by atoms with van der Waals surface area (Å²) in [7, 11) is 0. The number of benzene rings is 1. The van der Waals surface area contributed by atoms with Crippen LogP contribution in [0.3, 0.4) is 0 Å². The molecule has 5 heterocycles. The van der Waals surface area contributed by atoms with Gasteiger partial charge in [0.1, 0.15) is 34.5 Å². The van der Waals surface area contributed by atoms with Crippen molar-refractivity contribution in [3.63, 3.8) is 0 Å². The minimum Gasteiger partial charge on any atom is -0.477 e. The largest absolute Gasteiger partial charge is 0.477 e. The highest BCUT2D eigenvalue weighted by atomic mass is 35.5. The lowest BCUT2D eigenvalue weighted by Crippen LogP contribution is -2.33. The maximum Gasteiger partial charge on any atom is 0.406 e. The number of fused-ring (bicyclic) bond motifs is 1. The summed E-state index contributed by atoms with van der Waals surface area (Å²) in [5.74, 6) is -0.322. The molecule has 45 heavy (non-hydrogen) atoms. The molecule has 1 aliphatic rings. The first-order valence-corrected chi connectivity index (χ1v) is 15.3. The predicted molar refractivity (Wildman–Crippen MR) is 159 cm³/mol. The Morgan fingerprint density at radius 3 is 2.64 bits per heavy atom. The molecule has 1 saturated heterocycles. The molecule has 236 valence electrons. The molecular weight excluding hydrogens is 636 g/mol. The van der Waals surface area contributed by atoms with Gasteiger partial charge in [0.2, 0.25) is 5.88 Å². The van der Waals surface area contributed by atoms with Crippen LogP contribution in [0.1, 0.15) is 51.2 Å². The number of carboxylic acid groups (broad SMARTS) is 1. The van der Waals surface area contributed by atoms with Crippen LogP contribution < -0.4 is 4.74 Å². The zero-order valence-electron chi connectivity index (χ0n) is 23.7. The molecule has 0 aliphatic carbocycles. The maximum absolute atomic E-state index is 14.1. The number of piperidine rings is 1. The van der Waals surface area contributed by atoms with Gasteiger partial charge in [0.25, 0.3) is 0 Å². The molecule has 0 saturated carbocycles. The first-order valence-electron chi connectivity index (χ1n) is 14.1. The number of carboxylic acids is 1. The number of aromatic nitrogens is 5. The number of thiophene rings is 1. The van der Waals surface area contributed by atoms with Gasteiger partial charge in [0, 0.05) is 34.5 Å². The second-order valence-electron chi connectivity index (χ2n) is 10.8. The van der Waals surface area contributed by atoms with Crippen molar-refractivity contribution in [2.45, 2.75) is 51.2 Å². The smallest absolute Gasteiger partial charge is 0.406 e. The Labute approximate surface area is 263 Å². The van der Waals surface area contributed by atoms with E-state index in [1.807, 2.05) is 12.1 Å². The monoisotopic (exact) mass is 662 g/mol. The normalized spacial score (nSPS) is 14.8. The lowest BCUT2D eigenvalue weighted by Gasteiger charge is -2.31. The SMILES string of the molecule is O=C(O)c1cc2c(nc(CN3CCC(c4cccc(OCc5ccc(Cl)cc5F)n4)CC3)n2Cc2cncn2CC(F)(F)F)s1. The van der Waals surface area contributed by atoms with E-state index in [1.165, 1.54) is 18.3 Å². The third-order valence-electron chi connectivity index (χ3n) is 7.71. The van der Waals surface area contributed by atoms with Crippen LogP contribution in [0.15, 0.2) is 55.0 Å². The summed E-state index contributed by atoms with van der Waals surface area (Å²) in [5.41, 5.74) is 2.15. The highest BCUT2D eigenvalue weighted by Crippen LogP contribution is 2.31. The number of halogens is 5. The number of pyridine rings is 1. The molecule has 0 atom stereocenters. The molecule has 1 fully saturated rings. The van der Waals surface area contributed by atoms with Crippen molar-refractivity contribution < 1.29 is 32.2 Å². The first kappa shape index (κ1) is 31.0. The minimum absolute atomic E-state index is 0.0208. The molecule has 0 radical (unpaired) electrons. The zero-order valence-corrected chi connectivity index (χ0v) is 25.2. The second-order valence-corrected chi connectivity index (χ2v) is 12.3. The van der Waals surface area contributed by atoms with Crippen LogP contribution in [0, 0.1) is 5.82 Å². The van der Waals surface area contributed by atoms with Gasteiger partial charge in [-0.15, -0.1) is 11.3 Å². The van der Waals surface area contributed by atoms with Crippen molar-refractivity contribution >= 4 is 39.3 Å². The van der Waals surface area contributed by atoms with Gasteiger partial charge >= 0.3 is 12.1 Å². The van der Waals surface area contributed by atoms with Gasteiger partial charge in [0.05, 0.1) is 30.6 Å². The number of carbonyl (C=O) groups is 1. The van der Waals surface area contributed by atoms with Crippen LogP contribution >= 0.6 is 22.9 Å². The third-order valence-corrected chi connectivity index (χ3v) is 8.95. The van der Waals surface area contributed by atoms with Gasteiger partial charge in [0.15, 0.2) is 0 Å². The average Bonchev–Trinajstić information content (AvgIpc) is 3.68. The third kappa shape index (κ3) is 7.29. The van der Waals surface area contributed by atoms with E-state index in [2.05, 4.69) is 14.9 Å². The number of aromatic carboxylic acids is 1. The van der Waals surface area contributed by atoms with Gasteiger partial charge in [-0.3, -0.25) is 4.90 Å². The van der Waals surface area contributed by atoms with E-state index in [-0.39, 0.29) is 23.9 Å². The fourth-order valence-electron chi connectivity index (χ4n) is 5.46. The Morgan fingerprint density at radius 1 is 1.11 bits per heavy atom. The Bertz CT molecular complexity index is 1830. The van der Waals surface area contributed by atoms with E-state index in [0.29, 0.717) is 44.9 Å². The Hall–Kier alpha value is -4.01. The summed E-state index contributed by atoms with van der Waals surface area (Å²) in [6.45, 7) is 0.789. The maximum atomic E-state index is 14.1. The lowest BCUT2D eigenvalue weighted by atomic mass is 9.93. The molecule has 0 unspecified atom stereocenters. The molecule has 1 aliphatic heterocycles. The van der Waals surface area contributed by atoms with Crippen molar-refractivity contribution in [2.24, 2.45) is 0 Å². The topological polar surface area (TPSA) is 98.3 Å². The van der Waals surface area contributed by atoms with Gasteiger partial charge in [-0.05, 0) is 50.2 Å². The van der Waals surface area contributed by atoms with E-state index in [9.17, 15) is 27.5 Å². The summed E-state index contributed by atoms with van der Waals surface area (Å²) in [6.07, 6.45) is -0.283. The summed E-state index contributed by atoms with van der Waals surface area (Å²) < 4.78 is 62.2. The van der Waals surface area contributed by atoms with Crippen LogP contribution in [-0.4, -0.2) is 59.3 Å². The van der Waals surface area contributed by atoms with Crippen LogP contribution in [0.2, 0.25) is 5.02 Å². The van der Waals surface area contributed by atoms with Gasteiger partial charge in [-0.2, -0.15) is 13.2 Å². The minimum atomic E-state index is -4.42. The van der Waals surface area contributed by atoms with Crippen molar-refractivity contribution in [1.82, 2.24) is 29.0 Å². The van der Waals surface area contributed by atoms with Gasteiger partial charge < -0.3 is 19.0 Å². The number of rotatable bonds is 10. The Balaban J connectivity index is 1.14. The molecule has 6 rings (SSSR count). The highest BCUT2D eigenvalue weighted by Gasteiger charge is 2.30. The Kier molecular flexibility index (Phi) is 8.80. The summed E-state index contributed by atoms with van der Waals surface area (Å²) in [4.78, 5) is 27.7. The molecule has 1 aromatic carbocycles. The Morgan fingerprint density at radius 2 is 1.91 bits per heavy atom. The molecule has 5 aromatic rings. The first-order chi connectivity index (χ1) is 21.5. The average molecular weight is 663 g/mol. The molecule has 15 heteroatoms. The molecule has 9 nitrogen and oxygen atoms in total. The van der Waals surface area contributed by atoms with Crippen LogP contribution in [-0.2, 0) is 26.2 Å². The number of ether oxygens (including phenoxy) is 1. The van der Waals surface area contributed by atoms with E-state index < -0.39 is 24.5 Å². The molecule has 1 N–H and O–H groups in total. The molecule has 4 aromatic heterocycles. The van der Waals surface area contributed by atoms with Crippen molar-refractivity contribution in [3.05, 3.63) is 93.5 Å². The number of nitrogens with zero attached hydrogens (tertiary/aromatic N) is 6. The van der Waals surface area contributed by atoms with Gasteiger partial charge in [-0.25, -0.2) is 24.1 Å². The number of hydrogen-bond acceptors (Lipinski definition) is 7. The second kappa shape index (κ2) is 12.8. The van der Waals surface area contributed by atoms with E-state index in [0.717, 1.165) is 53.9 Å². The zero-order chi connectivity index (χ0) is 31.7. The number of alkyl halides is 3. The fourth-order valence-corrected chi connectivity index (χ4v) is 6.51. The van der Waals surface area contributed by atoms with Crippen LogP contribution in [0.4, 0.5) is 17.6 Å². The summed E-state index contributed by atoms with van der Waals surface area (Å²) in [5, 5.41) is 9.80.